The summed E-state index contributed by atoms with van der Waals surface area (Å²) in [7, 11) is 0. The van der Waals surface area contributed by atoms with Gasteiger partial charge in [0.15, 0.2) is 0 Å². The van der Waals surface area contributed by atoms with E-state index in [0.717, 1.165) is 45.4 Å². The summed E-state index contributed by atoms with van der Waals surface area (Å²) in [4.78, 5) is 30.1. The van der Waals surface area contributed by atoms with Crippen molar-refractivity contribution in [1.82, 2.24) is 14.8 Å². The van der Waals surface area contributed by atoms with E-state index in [0.29, 0.717) is 18.6 Å². The van der Waals surface area contributed by atoms with Crippen molar-refractivity contribution >= 4 is 6.09 Å². The first kappa shape index (κ1) is 18.0. The summed E-state index contributed by atoms with van der Waals surface area (Å²) in [6, 6.07) is 4.15. The predicted molar refractivity (Wildman–Crippen MR) is 96.7 cm³/mol. The largest absolute Gasteiger partial charge is 0.450 e. The minimum absolute atomic E-state index is 0.0345. The number of nitrogens with zero attached hydrogens (tertiary/aromatic N) is 2. The first-order valence-corrected chi connectivity index (χ1v) is 9.49. The van der Waals surface area contributed by atoms with Crippen molar-refractivity contribution in [3.63, 3.8) is 0 Å². The van der Waals surface area contributed by atoms with Crippen LogP contribution in [0.5, 0.6) is 0 Å². The average molecular weight is 347 g/mol. The first-order chi connectivity index (χ1) is 12.2. The third kappa shape index (κ3) is 4.84. The average Bonchev–Trinajstić information content (AvgIpc) is 2.65. The standard InChI is InChI=1S/C19H29N3O3/c1-2-25-19(24)22-11-7-17(8-12-22)21-9-5-15(6-10-21)13-16-3-4-18(23)20-14-16/h3-4,14-15,17H,2,5-13H2,1H3,(H,20,23). The molecule has 0 unspecified atom stereocenters. The number of likely N-dealkylation sites (tertiary alicyclic amines) is 2. The van der Waals surface area contributed by atoms with E-state index in [1.54, 1.807) is 6.07 Å². The molecule has 1 N–H and O–H groups in total. The molecule has 1 aromatic heterocycles. The molecule has 0 aromatic carbocycles. The van der Waals surface area contributed by atoms with Crippen LogP contribution in [0.25, 0.3) is 0 Å². The molecule has 138 valence electrons. The van der Waals surface area contributed by atoms with E-state index < -0.39 is 0 Å². The molecule has 1 aromatic rings. The van der Waals surface area contributed by atoms with Gasteiger partial charge in [-0.05, 0) is 63.6 Å². The molecule has 6 heteroatoms. The van der Waals surface area contributed by atoms with Crippen LogP contribution in [0, 0.1) is 5.92 Å². The van der Waals surface area contributed by atoms with E-state index in [-0.39, 0.29) is 11.7 Å². The van der Waals surface area contributed by atoms with Gasteiger partial charge in [0.25, 0.3) is 0 Å². The minimum atomic E-state index is -0.166. The Bertz CT molecular complexity index is 594. The highest BCUT2D eigenvalue weighted by Gasteiger charge is 2.30. The second-order valence-corrected chi connectivity index (χ2v) is 7.16. The molecule has 0 atom stereocenters. The molecular weight excluding hydrogens is 318 g/mol. The molecule has 2 saturated heterocycles. The monoisotopic (exact) mass is 347 g/mol. The number of H-pyrrole nitrogens is 1. The highest BCUT2D eigenvalue weighted by molar-refractivity contribution is 5.67. The molecule has 0 bridgehead atoms. The van der Waals surface area contributed by atoms with Crippen LogP contribution < -0.4 is 5.56 Å². The van der Waals surface area contributed by atoms with Crippen molar-refractivity contribution in [2.75, 3.05) is 32.8 Å². The van der Waals surface area contributed by atoms with Crippen LogP contribution in [0.4, 0.5) is 4.79 Å². The lowest BCUT2D eigenvalue weighted by molar-refractivity contribution is 0.0615. The van der Waals surface area contributed by atoms with Crippen LogP contribution in [0.3, 0.4) is 0 Å². The second-order valence-electron chi connectivity index (χ2n) is 7.16. The maximum Gasteiger partial charge on any atom is 0.409 e. The minimum Gasteiger partial charge on any atom is -0.450 e. The molecule has 2 fully saturated rings. The summed E-state index contributed by atoms with van der Waals surface area (Å²) in [5, 5.41) is 0. The molecule has 0 spiro atoms. The van der Waals surface area contributed by atoms with Gasteiger partial charge in [-0.2, -0.15) is 0 Å². The highest BCUT2D eigenvalue weighted by atomic mass is 16.6. The Kier molecular flexibility index (Phi) is 6.13. The van der Waals surface area contributed by atoms with Gasteiger partial charge in [-0.15, -0.1) is 0 Å². The number of pyridine rings is 1. The SMILES string of the molecule is CCOC(=O)N1CCC(N2CCC(Cc3ccc(=O)[nH]c3)CC2)CC1. The Hall–Kier alpha value is -1.82. The van der Waals surface area contributed by atoms with Crippen LogP contribution in [0.2, 0.25) is 0 Å². The van der Waals surface area contributed by atoms with Crippen LogP contribution >= 0.6 is 0 Å². The summed E-state index contributed by atoms with van der Waals surface area (Å²) in [5.41, 5.74) is 1.19. The van der Waals surface area contributed by atoms with Gasteiger partial charge in [-0.1, -0.05) is 6.07 Å². The molecule has 3 rings (SSSR count). The zero-order valence-corrected chi connectivity index (χ0v) is 15.1. The van der Waals surface area contributed by atoms with Gasteiger partial charge in [0.05, 0.1) is 6.61 Å². The number of carbonyl (C=O) groups is 1. The molecule has 2 aliphatic heterocycles. The smallest absolute Gasteiger partial charge is 0.409 e. The van der Waals surface area contributed by atoms with Crippen molar-refractivity contribution in [1.29, 1.82) is 0 Å². The Morgan fingerprint density at radius 1 is 1.16 bits per heavy atom. The maximum absolute atomic E-state index is 11.8. The molecule has 3 heterocycles. The zero-order valence-electron chi connectivity index (χ0n) is 15.1. The molecule has 0 saturated carbocycles. The number of rotatable bonds is 4. The Morgan fingerprint density at radius 2 is 1.88 bits per heavy atom. The third-order valence-electron chi connectivity index (χ3n) is 5.53. The predicted octanol–water partition coefficient (Wildman–Crippen LogP) is 2.25. The molecule has 25 heavy (non-hydrogen) atoms. The molecule has 2 aliphatic rings. The maximum atomic E-state index is 11.8. The van der Waals surface area contributed by atoms with Gasteiger partial charge in [0.2, 0.25) is 5.56 Å². The van der Waals surface area contributed by atoms with Gasteiger partial charge < -0.3 is 19.5 Å². The lowest BCUT2D eigenvalue weighted by Crippen LogP contribution is -2.49. The third-order valence-corrected chi connectivity index (χ3v) is 5.53. The van der Waals surface area contributed by atoms with E-state index in [1.165, 1.54) is 18.4 Å². The fourth-order valence-corrected chi connectivity index (χ4v) is 4.05. The molecule has 6 nitrogen and oxygen atoms in total. The fourth-order valence-electron chi connectivity index (χ4n) is 4.05. The summed E-state index contributed by atoms with van der Waals surface area (Å²) in [6.45, 7) is 6.18. The topological polar surface area (TPSA) is 65.6 Å². The summed E-state index contributed by atoms with van der Waals surface area (Å²) < 4.78 is 5.09. The number of carbonyl (C=O) groups excluding carboxylic acids is 1. The number of amides is 1. The van der Waals surface area contributed by atoms with Crippen LogP contribution in [-0.2, 0) is 11.2 Å². The van der Waals surface area contributed by atoms with E-state index >= 15 is 0 Å². The number of hydrogen-bond acceptors (Lipinski definition) is 4. The normalized spacial score (nSPS) is 20.6. The molecule has 1 amide bonds. The lowest BCUT2D eigenvalue weighted by atomic mass is 9.89. The van der Waals surface area contributed by atoms with Gasteiger partial charge in [0, 0.05) is 31.4 Å². The van der Waals surface area contributed by atoms with E-state index in [2.05, 4.69) is 9.88 Å². The summed E-state index contributed by atoms with van der Waals surface area (Å²) in [5.74, 6) is 0.696. The van der Waals surface area contributed by atoms with E-state index in [4.69, 9.17) is 4.74 Å². The molecular formula is C19H29N3O3. The summed E-state index contributed by atoms with van der Waals surface area (Å²) >= 11 is 0. The second kappa shape index (κ2) is 8.52. The van der Waals surface area contributed by atoms with E-state index in [9.17, 15) is 9.59 Å². The van der Waals surface area contributed by atoms with Crippen molar-refractivity contribution in [3.8, 4) is 0 Å². The summed E-state index contributed by atoms with van der Waals surface area (Å²) in [6.07, 6.45) is 7.23. The van der Waals surface area contributed by atoms with Crippen molar-refractivity contribution in [3.05, 3.63) is 34.2 Å². The van der Waals surface area contributed by atoms with Crippen molar-refractivity contribution in [2.45, 2.75) is 45.1 Å². The van der Waals surface area contributed by atoms with Crippen molar-refractivity contribution in [2.24, 2.45) is 5.92 Å². The number of piperidine rings is 2. The fraction of sp³-hybridized carbons (Fsp3) is 0.684. The van der Waals surface area contributed by atoms with Crippen LogP contribution in [0.1, 0.15) is 38.2 Å². The number of aromatic nitrogens is 1. The molecule has 0 aliphatic carbocycles. The van der Waals surface area contributed by atoms with Crippen LogP contribution in [-0.4, -0.2) is 59.7 Å². The first-order valence-electron chi connectivity index (χ1n) is 9.49. The Labute approximate surface area is 149 Å². The lowest BCUT2D eigenvalue weighted by Gasteiger charge is -2.41. The number of nitrogens with one attached hydrogen (secondary N) is 1. The van der Waals surface area contributed by atoms with Gasteiger partial charge in [-0.3, -0.25) is 4.79 Å². The number of hydrogen-bond donors (Lipinski definition) is 1. The molecule has 0 radical (unpaired) electrons. The highest BCUT2D eigenvalue weighted by Crippen LogP contribution is 2.26. The number of aromatic amines is 1. The van der Waals surface area contributed by atoms with Gasteiger partial charge in [-0.25, -0.2) is 4.79 Å². The van der Waals surface area contributed by atoms with Gasteiger partial charge >= 0.3 is 6.09 Å². The van der Waals surface area contributed by atoms with Gasteiger partial charge in [0.1, 0.15) is 0 Å². The van der Waals surface area contributed by atoms with Crippen molar-refractivity contribution < 1.29 is 9.53 Å². The van der Waals surface area contributed by atoms with E-state index in [1.807, 2.05) is 24.1 Å². The zero-order chi connectivity index (χ0) is 17.6. The Balaban J connectivity index is 1.41. The quantitative estimate of drug-likeness (QED) is 0.907. The van der Waals surface area contributed by atoms with Crippen LogP contribution in [0.15, 0.2) is 23.1 Å². The Morgan fingerprint density at radius 3 is 2.48 bits per heavy atom. The number of ether oxygens (including phenoxy) is 1.